The highest BCUT2D eigenvalue weighted by atomic mass is 35.5. The SMILES string of the molecule is CC(C)N1C(=O)[C@H](CC(=O)O)O[C@@H](c2ccccc2Cl)c2cc(Cl)ccc21. The molecular weight excluding hydrogens is 389 g/mol. The van der Waals surface area contributed by atoms with Gasteiger partial charge in [-0.2, -0.15) is 0 Å². The highest BCUT2D eigenvalue weighted by molar-refractivity contribution is 6.31. The number of carboxylic acid groups (broad SMARTS) is 1. The van der Waals surface area contributed by atoms with Gasteiger partial charge in [-0.3, -0.25) is 9.59 Å². The highest BCUT2D eigenvalue weighted by Gasteiger charge is 2.39. The van der Waals surface area contributed by atoms with E-state index in [1.165, 1.54) is 0 Å². The van der Waals surface area contributed by atoms with Crippen molar-refractivity contribution in [1.29, 1.82) is 0 Å². The minimum absolute atomic E-state index is 0.192. The smallest absolute Gasteiger partial charge is 0.306 e. The molecule has 27 heavy (non-hydrogen) atoms. The molecule has 1 aliphatic heterocycles. The van der Waals surface area contributed by atoms with E-state index < -0.39 is 30.5 Å². The number of amides is 1. The van der Waals surface area contributed by atoms with Crippen molar-refractivity contribution >= 4 is 40.8 Å². The molecule has 0 bridgehead atoms. The Balaban J connectivity index is 2.23. The molecule has 5 nitrogen and oxygen atoms in total. The third kappa shape index (κ3) is 3.95. The van der Waals surface area contributed by atoms with Crippen LogP contribution in [0.1, 0.15) is 37.5 Å². The summed E-state index contributed by atoms with van der Waals surface area (Å²) in [4.78, 5) is 26.0. The zero-order valence-electron chi connectivity index (χ0n) is 14.9. The van der Waals surface area contributed by atoms with Crippen molar-refractivity contribution in [3.8, 4) is 0 Å². The number of hydrogen-bond acceptors (Lipinski definition) is 3. The Morgan fingerprint density at radius 2 is 1.89 bits per heavy atom. The van der Waals surface area contributed by atoms with Gasteiger partial charge in [-0.05, 0) is 38.1 Å². The van der Waals surface area contributed by atoms with Gasteiger partial charge in [0.25, 0.3) is 5.91 Å². The molecule has 7 heteroatoms. The summed E-state index contributed by atoms with van der Waals surface area (Å²) in [5.74, 6) is -1.51. The van der Waals surface area contributed by atoms with Crippen molar-refractivity contribution in [2.24, 2.45) is 0 Å². The summed E-state index contributed by atoms with van der Waals surface area (Å²) in [6.45, 7) is 3.73. The van der Waals surface area contributed by atoms with Gasteiger partial charge < -0.3 is 14.7 Å². The van der Waals surface area contributed by atoms with Crippen molar-refractivity contribution in [2.75, 3.05) is 4.90 Å². The second-order valence-corrected chi connectivity index (χ2v) is 7.47. The number of benzene rings is 2. The van der Waals surface area contributed by atoms with Crippen LogP contribution in [0.3, 0.4) is 0 Å². The van der Waals surface area contributed by atoms with E-state index >= 15 is 0 Å². The van der Waals surface area contributed by atoms with E-state index in [9.17, 15) is 14.7 Å². The van der Waals surface area contributed by atoms with Crippen molar-refractivity contribution in [1.82, 2.24) is 0 Å². The zero-order valence-corrected chi connectivity index (χ0v) is 16.4. The maximum absolute atomic E-state index is 13.1. The number of nitrogens with zero attached hydrogens (tertiary/aromatic N) is 1. The van der Waals surface area contributed by atoms with E-state index in [0.29, 0.717) is 26.9 Å². The Morgan fingerprint density at radius 1 is 1.19 bits per heavy atom. The Kier molecular flexibility index (Phi) is 5.75. The van der Waals surface area contributed by atoms with E-state index in [1.54, 1.807) is 41.3 Å². The quantitative estimate of drug-likeness (QED) is 0.797. The van der Waals surface area contributed by atoms with Crippen LogP contribution >= 0.6 is 23.2 Å². The average molecular weight is 408 g/mol. The standard InChI is InChI=1S/C20H19Cl2NO4/c1-11(2)23-16-8-7-12(21)9-14(16)19(13-5-3-4-6-15(13)22)27-17(20(23)26)10-18(24)25/h3-9,11,17,19H,10H2,1-2H3,(H,24,25)/t17-,19-/m0/s1. The van der Waals surface area contributed by atoms with Crippen LogP contribution in [0, 0.1) is 0 Å². The van der Waals surface area contributed by atoms with Crippen LogP contribution in [0.25, 0.3) is 0 Å². The Morgan fingerprint density at radius 3 is 2.52 bits per heavy atom. The molecule has 0 saturated heterocycles. The average Bonchev–Trinajstić information content (AvgIpc) is 2.70. The van der Waals surface area contributed by atoms with E-state index in [0.717, 1.165) is 0 Å². The number of carbonyl (C=O) groups is 2. The molecule has 0 spiro atoms. The molecule has 0 fully saturated rings. The van der Waals surface area contributed by atoms with Gasteiger partial charge in [0.15, 0.2) is 0 Å². The molecule has 0 saturated carbocycles. The molecule has 2 atom stereocenters. The molecule has 0 aromatic heterocycles. The summed E-state index contributed by atoms with van der Waals surface area (Å²) in [5, 5.41) is 10.2. The first-order chi connectivity index (χ1) is 12.8. The van der Waals surface area contributed by atoms with Crippen LogP contribution in [-0.2, 0) is 14.3 Å². The lowest BCUT2D eigenvalue weighted by Crippen LogP contribution is -2.44. The summed E-state index contributed by atoms with van der Waals surface area (Å²) < 4.78 is 6.05. The van der Waals surface area contributed by atoms with Gasteiger partial charge in [0.1, 0.15) is 12.2 Å². The van der Waals surface area contributed by atoms with Crippen LogP contribution in [0.2, 0.25) is 10.0 Å². The fourth-order valence-corrected chi connectivity index (χ4v) is 3.69. The molecule has 2 aromatic rings. The number of anilines is 1. The van der Waals surface area contributed by atoms with Crippen molar-refractivity contribution in [2.45, 2.75) is 38.5 Å². The molecule has 0 radical (unpaired) electrons. The normalized spacial score (nSPS) is 19.7. The monoisotopic (exact) mass is 407 g/mol. The van der Waals surface area contributed by atoms with Crippen LogP contribution in [-0.4, -0.2) is 29.1 Å². The molecule has 1 N–H and O–H groups in total. The lowest BCUT2D eigenvalue weighted by atomic mass is 9.99. The molecule has 1 aliphatic rings. The molecule has 0 aliphatic carbocycles. The van der Waals surface area contributed by atoms with Crippen LogP contribution in [0.4, 0.5) is 5.69 Å². The highest BCUT2D eigenvalue weighted by Crippen LogP contribution is 2.42. The number of hydrogen-bond donors (Lipinski definition) is 1. The zero-order chi connectivity index (χ0) is 19.7. The van der Waals surface area contributed by atoms with E-state index in [1.807, 2.05) is 19.9 Å². The van der Waals surface area contributed by atoms with Gasteiger partial charge >= 0.3 is 5.97 Å². The van der Waals surface area contributed by atoms with E-state index in [2.05, 4.69) is 0 Å². The van der Waals surface area contributed by atoms with E-state index in [4.69, 9.17) is 27.9 Å². The number of fused-ring (bicyclic) bond motifs is 1. The number of halogens is 2. The maximum Gasteiger partial charge on any atom is 0.306 e. The number of carboxylic acids is 1. The largest absolute Gasteiger partial charge is 0.481 e. The van der Waals surface area contributed by atoms with Gasteiger partial charge in [-0.25, -0.2) is 0 Å². The van der Waals surface area contributed by atoms with Gasteiger partial charge in [0.2, 0.25) is 0 Å². The number of rotatable bonds is 4. The third-order valence-corrected chi connectivity index (χ3v) is 4.99. The minimum Gasteiger partial charge on any atom is -0.481 e. The molecule has 3 rings (SSSR count). The van der Waals surface area contributed by atoms with Crippen molar-refractivity contribution < 1.29 is 19.4 Å². The summed E-state index contributed by atoms with van der Waals surface area (Å²) in [7, 11) is 0. The lowest BCUT2D eigenvalue weighted by molar-refractivity contribution is -0.147. The lowest BCUT2D eigenvalue weighted by Gasteiger charge is -2.28. The fourth-order valence-electron chi connectivity index (χ4n) is 3.28. The summed E-state index contributed by atoms with van der Waals surface area (Å²) in [5.41, 5.74) is 1.96. The Labute approximate surface area is 167 Å². The number of carbonyl (C=O) groups excluding carboxylic acids is 1. The summed E-state index contributed by atoms with van der Waals surface area (Å²) in [6, 6.07) is 12.1. The second kappa shape index (κ2) is 7.89. The maximum atomic E-state index is 13.1. The molecule has 2 aromatic carbocycles. The first-order valence-corrected chi connectivity index (χ1v) is 9.29. The van der Waals surface area contributed by atoms with Crippen molar-refractivity contribution in [3.63, 3.8) is 0 Å². The number of ether oxygens (including phenoxy) is 1. The second-order valence-electron chi connectivity index (χ2n) is 6.63. The van der Waals surface area contributed by atoms with Crippen LogP contribution in [0.15, 0.2) is 42.5 Å². The minimum atomic E-state index is -1.14. The first kappa shape index (κ1) is 19.7. The van der Waals surface area contributed by atoms with Gasteiger partial charge in [0, 0.05) is 27.2 Å². The topological polar surface area (TPSA) is 66.8 Å². The molecule has 1 heterocycles. The van der Waals surface area contributed by atoms with E-state index in [-0.39, 0.29) is 6.04 Å². The molecule has 1 amide bonds. The van der Waals surface area contributed by atoms with Gasteiger partial charge in [-0.1, -0.05) is 41.4 Å². The summed E-state index contributed by atoms with van der Waals surface area (Å²) in [6.07, 6.45) is -2.30. The number of aliphatic carboxylic acids is 1. The predicted octanol–water partition coefficient (Wildman–Crippen LogP) is 4.70. The third-order valence-electron chi connectivity index (χ3n) is 4.41. The molecular formula is C20H19Cl2NO4. The first-order valence-electron chi connectivity index (χ1n) is 8.53. The Hall–Kier alpha value is -2.08. The Bertz CT molecular complexity index is 884. The van der Waals surface area contributed by atoms with Crippen molar-refractivity contribution in [3.05, 3.63) is 63.6 Å². The van der Waals surface area contributed by atoms with Gasteiger partial charge in [0.05, 0.1) is 12.1 Å². The summed E-state index contributed by atoms with van der Waals surface area (Å²) >= 11 is 12.6. The van der Waals surface area contributed by atoms with Gasteiger partial charge in [-0.15, -0.1) is 0 Å². The predicted molar refractivity (Wildman–Crippen MR) is 104 cm³/mol. The molecule has 142 valence electrons. The molecule has 0 unspecified atom stereocenters. The van der Waals surface area contributed by atoms with Crippen LogP contribution < -0.4 is 4.90 Å². The fraction of sp³-hybridized carbons (Fsp3) is 0.300. The van der Waals surface area contributed by atoms with Crippen LogP contribution in [0.5, 0.6) is 0 Å².